The van der Waals surface area contributed by atoms with Crippen LogP contribution in [0.3, 0.4) is 0 Å². The highest BCUT2D eigenvalue weighted by molar-refractivity contribution is 7.75. The van der Waals surface area contributed by atoms with E-state index in [1.165, 1.54) is 7.11 Å². The fourth-order valence-electron chi connectivity index (χ4n) is 0.825. The molecule has 0 aliphatic heterocycles. The zero-order chi connectivity index (χ0) is 8.97. The first-order valence-electron chi connectivity index (χ1n) is 3.28. The summed E-state index contributed by atoms with van der Waals surface area (Å²) in [5, 5.41) is 0. The summed E-state index contributed by atoms with van der Waals surface area (Å²) >= 11 is 3.61. The molecule has 0 aliphatic carbocycles. The van der Waals surface area contributed by atoms with Gasteiger partial charge in [0.25, 0.3) is 0 Å². The van der Waals surface area contributed by atoms with E-state index in [4.69, 9.17) is 0 Å². The van der Waals surface area contributed by atoms with E-state index >= 15 is 0 Å². The van der Waals surface area contributed by atoms with Gasteiger partial charge in [0.1, 0.15) is 5.56 Å². The molecular weight excluding hydrogens is 176 g/mol. The molecule has 1 aromatic rings. The van der Waals surface area contributed by atoms with Crippen LogP contribution in [0.4, 0.5) is 0 Å². The van der Waals surface area contributed by atoms with Crippen molar-refractivity contribution in [2.75, 3.05) is 7.11 Å². The molecule has 0 atom stereocenters. The molecular formula is C8H8O3S. The molecule has 3 nitrogen and oxygen atoms in total. The zero-order valence-corrected chi connectivity index (χ0v) is 7.38. The second kappa shape index (κ2) is 4.01. The molecule has 0 amide bonds. The SMILES string of the molecule is COC(=O)c1ccccc1OS. The summed E-state index contributed by atoms with van der Waals surface area (Å²) in [6, 6.07) is 6.72. The summed E-state index contributed by atoms with van der Waals surface area (Å²) in [5.74, 6) is -0.0349. The average molecular weight is 184 g/mol. The number of carbonyl (C=O) groups excluding carboxylic acids is 1. The number of para-hydroxylation sites is 1. The third kappa shape index (κ3) is 1.71. The second-order valence-electron chi connectivity index (χ2n) is 2.08. The van der Waals surface area contributed by atoms with Crippen LogP contribution in [0, 0.1) is 0 Å². The Bertz CT molecular complexity index is 285. The number of thiol groups is 1. The number of carbonyl (C=O) groups is 1. The summed E-state index contributed by atoms with van der Waals surface area (Å²) in [5.41, 5.74) is 0.370. The molecule has 0 aromatic heterocycles. The average Bonchev–Trinajstić information content (AvgIpc) is 2.16. The van der Waals surface area contributed by atoms with Gasteiger partial charge in [-0.05, 0) is 12.1 Å². The van der Waals surface area contributed by atoms with Crippen LogP contribution in [-0.2, 0) is 4.74 Å². The summed E-state index contributed by atoms with van der Waals surface area (Å²) in [7, 11) is 1.32. The lowest BCUT2D eigenvalue weighted by Crippen LogP contribution is -2.02. The molecule has 0 bridgehead atoms. The number of methoxy groups -OCH3 is 1. The van der Waals surface area contributed by atoms with Crippen LogP contribution in [0.1, 0.15) is 10.4 Å². The molecule has 12 heavy (non-hydrogen) atoms. The quantitative estimate of drug-likeness (QED) is 0.431. The molecule has 0 spiro atoms. The summed E-state index contributed by atoms with van der Waals surface area (Å²) < 4.78 is 9.19. The van der Waals surface area contributed by atoms with E-state index in [0.29, 0.717) is 11.3 Å². The van der Waals surface area contributed by atoms with Gasteiger partial charge in [0, 0.05) is 12.9 Å². The molecule has 1 aromatic carbocycles. The van der Waals surface area contributed by atoms with Crippen molar-refractivity contribution in [1.29, 1.82) is 0 Å². The maximum atomic E-state index is 11.1. The Morgan fingerprint density at radius 3 is 2.67 bits per heavy atom. The largest absolute Gasteiger partial charge is 0.465 e. The van der Waals surface area contributed by atoms with Gasteiger partial charge < -0.3 is 8.92 Å². The Morgan fingerprint density at radius 1 is 1.42 bits per heavy atom. The van der Waals surface area contributed by atoms with Gasteiger partial charge in [0.2, 0.25) is 0 Å². The van der Waals surface area contributed by atoms with Gasteiger partial charge >= 0.3 is 5.97 Å². The Kier molecular flexibility index (Phi) is 2.99. The number of hydrogen-bond acceptors (Lipinski definition) is 4. The smallest absolute Gasteiger partial charge is 0.341 e. The van der Waals surface area contributed by atoms with Crippen LogP contribution in [-0.4, -0.2) is 13.1 Å². The van der Waals surface area contributed by atoms with Crippen LogP contribution in [0.25, 0.3) is 0 Å². The van der Waals surface area contributed by atoms with Crippen LogP contribution >= 0.6 is 12.9 Å². The minimum absolute atomic E-state index is 0.370. The van der Waals surface area contributed by atoms with E-state index in [0.717, 1.165) is 0 Å². The van der Waals surface area contributed by atoms with Crippen LogP contribution < -0.4 is 4.18 Å². The van der Waals surface area contributed by atoms with E-state index in [1.54, 1.807) is 24.3 Å². The number of rotatable bonds is 2. The first kappa shape index (κ1) is 8.93. The van der Waals surface area contributed by atoms with Gasteiger partial charge in [-0.15, -0.1) is 0 Å². The molecule has 0 aliphatic rings. The maximum Gasteiger partial charge on any atom is 0.341 e. The first-order valence-corrected chi connectivity index (χ1v) is 3.65. The third-order valence-electron chi connectivity index (χ3n) is 1.39. The highest BCUT2D eigenvalue weighted by Crippen LogP contribution is 2.19. The molecule has 0 saturated heterocycles. The fourth-order valence-corrected chi connectivity index (χ4v) is 0.984. The Labute approximate surface area is 75.9 Å². The third-order valence-corrected chi connectivity index (χ3v) is 1.59. The Morgan fingerprint density at radius 2 is 2.08 bits per heavy atom. The van der Waals surface area contributed by atoms with Crippen LogP contribution in [0.15, 0.2) is 24.3 Å². The Hall–Kier alpha value is -1.16. The highest BCUT2D eigenvalue weighted by Gasteiger charge is 2.10. The number of esters is 1. The molecule has 64 valence electrons. The second-order valence-corrected chi connectivity index (χ2v) is 2.26. The molecule has 1 rings (SSSR count). The van der Waals surface area contributed by atoms with E-state index < -0.39 is 5.97 Å². The van der Waals surface area contributed by atoms with Crippen molar-refractivity contribution in [3.63, 3.8) is 0 Å². The van der Waals surface area contributed by atoms with Gasteiger partial charge in [-0.2, -0.15) is 0 Å². The zero-order valence-electron chi connectivity index (χ0n) is 6.48. The Balaban J connectivity index is 3.04. The fraction of sp³-hybridized carbons (Fsp3) is 0.125. The first-order chi connectivity index (χ1) is 5.79. The van der Waals surface area contributed by atoms with Gasteiger partial charge in [-0.3, -0.25) is 0 Å². The van der Waals surface area contributed by atoms with Crippen molar-refractivity contribution >= 4 is 18.9 Å². The lowest BCUT2D eigenvalue weighted by molar-refractivity contribution is 0.0599. The van der Waals surface area contributed by atoms with Crippen LogP contribution in [0.2, 0.25) is 0 Å². The van der Waals surface area contributed by atoms with Gasteiger partial charge in [0.05, 0.1) is 7.11 Å². The predicted molar refractivity (Wildman–Crippen MR) is 47.4 cm³/mol. The van der Waals surface area contributed by atoms with E-state index in [9.17, 15) is 4.79 Å². The number of hydrogen-bond donors (Lipinski definition) is 1. The van der Waals surface area contributed by atoms with Gasteiger partial charge in [0.15, 0.2) is 5.75 Å². The summed E-state index contributed by atoms with van der Waals surface area (Å²) in [6.07, 6.45) is 0. The normalized spacial score (nSPS) is 9.17. The van der Waals surface area contributed by atoms with Crippen LogP contribution in [0.5, 0.6) is 5.75 Å². The number of ether oxygens (including phenoxy) is 1. The summed E-state index contributed by atoms with van der Waals surface area (Å²) in [4.78, 5) is 11.1. The van der Waals surface area contributed by atoms with E-state index in [1.807, 2.05) is 0 Å². The number of benzene rings is 1. The van der Waals surface area contributed by atoms with Crippen molar-refractivity contribution in [3.05, 3.63) is 29.8 Å². The van der Waals surface area contributed by atoms with Gasteiger partial charge in [-0.25, -0.2) is 4.79 Å². The van der Waals surface area contributed by atoms with Crippen molar-refractivity contribution in [2.24, 2.45) is 0 Å². The maximum absolute atomic E-state index is 11.1. The van der Waals surface area contributed by atoms with Crippen molar-refractivity contribution < 1.29 is 13.7 Å². The topological polar surface area (TPSA) is 35.5 Å². The minimum atomic E-state index is -0.431. The molecule has 0 radical (unpaired) electrons. The lowest BCUT2D eigenvalue weighted by Gasteiger charge is -2.03. The molecule has 0 saturated carbocycles. The van der Waals surface area contributed by atoms with E-state index in [-0.39, 0.29) is 0 Å². The predicted octanol–water partition coefficient (Wildman–Crippen LogP) is 1.70. The minimum Gasteiger partial charge on any atom is -0.465 e. The van der Waals surface area contributed by atoms with Crippen molar-refractivity contribution in [1.82, 2.24) is 0 Å². The van der Waals surface area contributed by atoms with Crippen molar-refractivity contribution in [2.45, 2.75) is 0 Å². The highest BCUT2D eigenvalue weighted by atomic mass is 32.1. The molecule has 0 unspecified atom stereocenters. The standard InChI is InChI=1S/C8H8O3S/c1-10-8(9)6-4-2-3-5-7(6)11-12/h2-5,12H,1H3. The van der Waals surface area contributed by atoms with Crippen molar-refractivity contribution in [3.8, 4) is 5.75 Å². The molecule has 4 heteroatoms. The van der Waals surface area contributed by atoms with Gasteiger partial charge in [-0.1, -0.05) is 12.1 Å². The molecule has 0 fully saturated rings. The molecule has 0 heterocycles. The summed E-state index contributed by atoms with van der Waals surface area (Å²) in [6.45, 7) is 0. The lowest BCUT2D eigenvalue weighted by atomic mass is 10.2. The monoisotopic (exact) mass is 184 g/mol. The van der Waals surface area contributed by atoms with E-state index in [2.05, 4.69) is 21.8 Å². The molecule has 0 N–H and O–H groups in total.